The Bertz CT molecular complexity index is 170. The molecule has 1 heterocycles. The van der Waals surface area contributed by atoms with Gasteiger partial charge in [0.25, 0.3) is 0 Å². The normalized spacial score (nSPS) is 23.1. The summed E-state index contributed by atoms with van der Waals surface area (Å²) in [4.78, 5) is 5.20. The van der Waals surface area contributed by atoms with E-state index in [4.69, 9.17) is 0 Å². The van der Waals surface area contributed by atoms with Crippen LogP contribution >= 0.6 is 0 Å². The van der Waals surface area contributed by atoms with Crippen LogP contribution in [0.25, 0.3) is 0 Å². The van der Waals surface area contributed by atoms with E-state index in [1.54, 1.807) is 0 Å². The summed E-state index contributed by atoms with van der Waals surface area (Å²) in [5, 5.41) is 0. The van der Waals surface area contributed by atoms with Crippen molar-refractivity contribution < 1.29 is 0 Å². The highest BCUT2D eigenvalue weighted by molar-refractivity contribution is 4.89. The van der Waals surface area contributed by atoms with Gasteiger partial charge in [-0.1, -0.05) is 27.2 Å². The first kappa shape index (κ1) is 14.0. The molecule has 1 saturated heterocycles. The first-order valence-electron chi connectivity index (χ1n) is 7.17. The van der Waals surface area contributed by atoms with Gasteiger partial charge in [-0.15, -0.1) is 0 Å². The summed E-state index contributed by atoms with van der Waals surface area (Å²) < 4.78 is 0. The Morgan fingerprint density at radius 1 is 0.938 bits per heavy atom. The highest BCUT2D eigenvalue weighted by Crippen LogP contribution is 2.31. The maximum Gasteiger partial charge on any atom is 0.0122 e. The van der Waals surface area contributed by atoms with E-state index in [2.05, 4.69) is 37.6 Å². The second-order valence-corrected chi connectivity index (χ2v) is 5.30. The predicted octanol–water partition coefficient (Wildman–Crippen LogP) is 2.98. The van der Waals surface area contributed by atoms with Gasteiger partial charge in [-0.05, 0) is 52.4 Å². The number of hydrogen-bond acceptors (Lipinski definition) is 2. The molecule has 0 spiro atoms. The van der Waals surface area contributed by atoms with Gasteiger partial charge in [-0.3, -0.25) is 4.90 Å². The third-order valence-electron chi connectivity index (χ3n) is 3.54. The highest BCUT2D eigenvalue weighted by Gasteiger charge is 2.33. The minimum atomic E-state index is 0.897. The van der Waals surface area contributed by atoms with Crippen LogP contribution < -0.4 is 0 Å². The number of piperidine rings is 1. The first-order valence-corrected chi connectivity index (χ1v) is 7.17. The third kappa shape index (κ3) is 4.42. The lowest BCUT2D eigenvalue weighted by Crippen LogP contribution is -2.44. The van der Waals surface area contributed by atoms with Crippen LogP contribution in [-0.4, -0.2) is 48.6 Å². The fourth-order valence-corrected chi connectivity index (χ4v) is 2.55. The molecule has 96 valence electrons. The van der Waals surface area contributed by atoms with Gasteiger partial charge < -0.3 is 4.90 Å². The van der Waals surface area contributed by atoms with Gasteiger partial charge in [-0.2, -0.15) is 0 Å². The molecule has 0 unspecified atom stereocenters. The summed E-state index contributed by atoms with van der Waals surface area (Å²) in [6.07, 6.45) is 6.95. The fraction of sp³-hybridized carbons (Fsp3) is 1.00. The number of hydrogen-bond donors (Lipinski definition) is 0. The quantitative estimate of drug-likeness (QED) is 0.730. The maximum absolute atomic E-state index is 2.74. The highest BCUT2D eigenvalue weighted by atomic mass is 15.2. The van der Waals surface area contributed by atoms with E-state index in [-0.39, 0.29) is 0 Å². The van der Waals surface area contributed by atoms with Crippen molar-refractivity contribution in [3.05, 3.63) is 0 Å². The van der Waals surface area contributed by atoms with Crippen LogP contribution in [-0.2, 0) is 0 Å². The predicted molar refractivity (Wildman–Crippen MR) is 71.9 cm³/mol. The Hall–Kier alpha value is -0.0800. The molecule has 2 rings (SSSR count). The third-order valence-corrected chi connectivity index (χ3v) is 3.54. The van der Waals surface area contributed by atoms with Crippen molar-refractivity contribution in [3.8, 4) is 0 Å². The summed E-state index contributed by atoms with van der Waals surface area (Å²) in [6.45, 7) is 10.4. The van der Waals surface area contributed by atoms with Gasteiger partial charge in [0.2, 0.25) is 0 Å². The molecular weight excluding hydrogens is 196 g/mol. The summed E-state index contributed by atoms with van der Waals surface area (Å²) in [5.74, 6) is 0. The smallest absolute Gasteiger partial charge is 0.0122 e. The zero-order valence-electron chi connectivity index (χ0n) is 11.7. The van der Waals surface area contributed by atoms with Crippen LogP contribution in [0.4, 0.5) is 0 Å². The zero-order valence-corrected chi connectivity index (χ0v) is 11.7. The molecule has 2 nitrogen and oxygen atoms in total. The summed E-state index contributed by atoms with van der Waals surface area (Å²) in [7, 11) is 2.24. The van der Waals surface area contributed by atoms with Crippen molar-refractivity contribution in [1.82, 2.24) is 9.80 Å². The Morgan fingerprint density at radius 2 is 1.38 bits per heavy atom. The molecule has 0 amide bonds. The molecule has 1 aliphatic heterocycles. The monoisotopic (exact) mass is 226 g/mol. The van der Waals surface area contributed by atoms with E-state index in [0.29, 0.717) is 0 Å². The van der Waals surface area contributed by atoms with Crippen molar-refractivity contribution in [2.75, 3.05) is 26.7 Å². The molecule has 0 aromatic heterocycles. The lowest BCUT2D eigenvalue weighted by atomic mass is 10.0. The Labute approximate surface area is 102 Å². The molecule has 2 fully saturated rings. The van der Waals surface area contributed by atoms with Gasteiger partial charge in [0.05, 0.1) is 0 Å². The molecule has 0 radical (unpaired) electrons. The average molecular weight is 226 g/mol. The standard InChI is InChI=1S/C11H22N2.C3H8/c1-3-13(10-4-5-10)11-6-8-12(2)9-7-11;1-3-2/h10-11H,3-9H2,1-2H3;3H2,1-2H3. The molecule has 2 aliphatic rings. The largest absolute Gasteiger partial charge is 0.306 e. The van der Waals surface area contributed by atoms with Crippen LogP contribution in [0.2, 0.25) is 0 Å². The maximum atomic E-state index is 2.74. The lowest BCUT2D eigenvalue weighted by Gasteiger charge is -2.36. The molecule has 16 heavy (non-hydrogen) atoms. The number of rotatable bonds is 3. The lowest BCUT2D eigenvalue weighted by molar-refractivity contribution is 0.119. The molecule has 0 aromatic carbocycles. The Morgan fingerprint density at radius 3 is 1.75 bits per heavy atom. The summed E-state index contributed by atoms with van der Waals surface area (Å²) >= 11 is 0. The van der Waals surface area contributed by atoms with Crippen LogP contribution in [0.15, 0.2) is 0 Å². The van der Waals surface area contributed by atoms with Crippen molar-refractivity contribution in [2.24, 2.45) is 0 Å². The van der Waals surface area contributed by atoms with E-state index in [0.717, 1.165) is 12.1 Å². The summed E-state index contributed by atoms with van der Waals surface area (Å²) in [6, 6.07) is 1.85. The van der Waals surface area contributed by atoms with Crippen molar-refractivity contribution in [1.29, 1.82) is 0 Å². The van der Waals surface area contributed by atoms with Gasteiger partial charge in [0.15, 0.2) is 0 Å². The van der Waals surface area contributed by atoms with E-state index in [1.165, 1.54) is 51.7 Å². The molecule has 0 N–H and O–H groups in total. The number of nitrogens with zero attached hydrogens (tertiary/aromatic N) is 2. The van der Waals surface area contributed by atoms with Gasteiger partial charge in [-0.25, -0.2) is 0 Å². The minimum Gasteiger partial charge on any atom is -0.306 e. The van der Waals surface area contributed by atoms with Crippen LogP contribution in [0, 0.1) is 0 Å². The molecule has 1 aliphatic carbocycles. The molecular formula is C14H30N2. The minimum absolute atomic E-state index is 0.897. The van der Waals surface area contributed by atoms with Gasteiger partial charge >= 0.3 is 0 Å². The molecule has 0 aromatic rings. The topological polar surface area (TPSA) is 6.48 Å². The van der Waals surface area contributed by atoms with E-state index < -0.39 is 0 Å². The molecule has 0 bridgehead atoms. The van der Waals surface area contributed by atoms with Gasteiger partial charge in [0, 0.05) is 12.1 Å². The molecule has 0 atom stereocenters. The Kier molecular flexibility index (Phi) is 6.37. The van der Waals surface area contributed by atoms with Crippen LogP contribution in [0.3, 0.4) is 0 Å². The second-order valence-electron chi connectivity index (χ2n) is 5.30. The SMILES string of the molecule is CCC.CCN(C1CC1)C1CCN(C)CC1. The average Bonchev–Trinajstić information content (AvgIpc) is 3.07. The van der Waals surface area contributed by atoms with E-state index in [1.807, 2.05) is 0 Å². The van der Waals surface area contributed by atoms with Crippen LogP contribution in [0.1, 0.15) is 52.9 Å². The fourth-order valence-electron chi connectivity index (χ4n) is 2.55. The van der Waals surface area contributed by atoms with Crippen molar-refractivity contribution in [2.45, 2.75) is 65.0 Å². The van der Waals surface area contributed by atoms with Gasteiger partial charge in [0.1, 0.15) is 0 Å². The first-order chi connectivity index (χ1) is 7.72. The van der Waals surface area contributed by atoms with Crippen molar-refractivity contribution in [3.63, 3.8) is 0 Å². The molecule has 2 heteroatoms. The Balaban J connectivity index is 0.000000386. The second kappa shape index (κ2) is 7.29. The van der Waals surface area contributed by atoms with E-state index in [9.17, 15) is 0 Å². The summed E-state index contributed by atoms with van der Waals surface area (Å²) in [5.41, 5.74) is 0. The number of likely N-dealkylation sites (tertiary alicyclic amines) is 1. The van der Waals surface area contributed by atoms with Crippen LogP contribution in [0.5, 0.6) is 0 Å². The van der Waals surface area contributed by atoms with Crippen molar-refractivity contribution >= 4 is 0 Å². The zero-order chi connectivity index (χ0) is 12.0. The van der Waals surface area contributed by atoms with E-state index >= 15 is 0 Å². The molecule has 1 saturated carbocycles.